The van der Waals surface area contributed by atoms with Gasteiger partial charge in [0.2, 0.25) is 0 Å². The Labute approximate surface area is 126 Å². The van der Waals surface area contributed by atoms with E-state index in [0.717, 1.165) is 44.8 Å². The molecule has 1 unspecified atom stereocenters. The minimum absolute atomic E-state index is 0.301. The molecule has 0 aromatic carbocycles. The molecular formula is C15H26N4O2. The van der Waals surface area contributed by atoms with Crippen LogP contribution in [0.15, 0.2) is 12.4 Å². The molecule has 2 N–H and O–H groups in total. The molecule has 2 rings (SSSR count). The van der Waals surface area contributed by atoms with Crippen molar-refractivity contribution in [2.75, 3.05) is 19.7 Å². The van der Waals surface area contributed by atoms with Gasteiger partial charge in [0.25, 0.3) is 0 Å². The van der Waals surface area contributed by atoms with Crippen molar-refractivity contribution in [3.8, 4) is 0 Å². The van der Waals surface area contributed by atoms with E-state index in [-0.39, 0.29) is 5.97 Å². The summed E-state index contributed by atoms with van der Waals surface area (Å²) in [7, 11) is 0. The van der Waals surface area contributed by atoms with Crippen LogP contribution >= 0.6 is 0 Å². The van der Waals surface area contributed by atoms with Gasteiger partial charge in [-0.1, -0.05) is 0 Å². The fourth-order valence-corrected chi connectivity index (χ4v) is 2.64. The molecule has 1 aliphatic rings. The fraction of sp³-hybridized carbons (Fsp3) is 0.733. The molecule has 1 atom stereocenters. The van der Waals surface area contributed by atoms with Crippen molar-refractivity contribution in [2.45, 2.75) is 51.7 Å². The van der Waals surface area contributed by atoms with Crippen molar-refractivity contribution in [3.63, 3.8) is 0 Å². The Hall–Kier alpha value is -1.40. The van der Waals surface area contributed by atoms with Gasteiger partial charge in [0.05, 0.1) is 13.2 Å². The van der Waals surface area contributed by atoms with Gasteiger partial charge in [-0.2, -0.15) is 0 Å². The molecule has 0 saturated carbocycles. The molecule has 0 radical (unpaired) electrons. The zero-order chi connectivity index (χ0) is 15.3. The molecule has 0 saturated heterocycles. The van der Waals surface area contributed by atoms with Crippen LogP contribution in [-0.4, -0.2) is 45.7 Å². The van der Waals surface area contributed by atoms with Crippen molar-refractivity contribution in [2.24, 2.45) is 5.73 Å². The van der Waals surface area contributed by atoms with Crippen LogP contribution in [0.3, 0.4) is 0 Å². The maximum atomic E-state index is 11.7. The van der Waals surface area contributed by atoms with E-state index < -0.39 is 5.54 Å². The molecule has 2 heterocycles. The van der Waals surface area contributed by atoms with Gasteiger partial charge in [0, 0.05) is 25.5 Å². The molecule has 118 valence electrons. The highest BCUT2D eigenvalue weighted by Crippen LogP contribution is 2.15. The van der Waals surface area contributed by atoms with Gasteiger partial charge >= 0.3 is 5.97 Å². The molecule has 21 heavy (non-hydrogen) atoms. The van der Waals surface area contributed by atoms with Gasteiger partial charge in [0.15, 0.2) is 0 Å². The van der Waals surface area contributed by atoms with Crippen LogP contribution in [0.1, 0.15) is 38.9 Å². The highest BCUT2D eigenvalue weighted by atomic mass is 16.5. The molecule has 0 spiro atoms. The number of aromatic nitrogens is 2. The Kier molecular flexibility index (Phi) is 5.36. The summed E-state index contributed by atoms with van der Waals surface area (Å²) < 4.78 is 7.20. The lowest BCUT2D eigenvalue weighted by molar-refractivity contribution is -0.149. The summed E-state index contributed by atoms with van der Waals surface area (Å²) in [6.07, 6.45) is 6.52. The first kappa shape index (κ1) is 16.0. The van der Waals surface area contributed by atoms with Gasteiger partial charge in [0.1, 0.15) is 11.4 Å². The van der Waals surface area contributed by atoms with E-state index in [0.29, 0.717) is 13.0 Å². The number of nitrogens with two attached hydrogens (primary N) is 1. The maximum absolute atomic E-state index is 11.7. The van der Waals surface area contributed by atoms with E-state index >= 15 is 0 Å². The summed E-state index contributed by atoms with van der Waals surface area (Å²) in [5.41, 5.74) is 5.15. The molecule has 0 bridgehead atoms. The van der Waals surface area contributed by atoms with E-state index in [2.05, 4.69) is 14.5 Å². The Morgan fingerprint density at radius 1 is 1.48 bits per heavy atom. The minimum atomic E-state index is -0.867. The lowest BCUT2D eigenvalue weighted by atomic mass is 9.96. The van der Waals surface area contributed by atoms with E-state index in [1.165, 1.54) is 0 Å². The number of hydrogen-bond acceptors (Lipinski definition) is 5. The van der Waals surface area contributed by atoms with Crippen molar-refractivity contribution < 1.29 is 9.53 Å². The summed E-state index contributed by atoms with van der Waals surface area (Å²) in [6, 6.07) is 0. The van der Waals surface area contributed by atoms with Crippen LogP contribution in [0, 0.1) is 0 Å². The van der Waals surface area contributed by atoms with Gasteiger partial charge in [-0.3, -0.25) is 9.69 Å². The van der Waals surface area contributed by atoms with E-state index in [1.54, 1.807) is 13.8 Å². The van der Waals surface area contributed by atoms with Crippen LogP contribution in [-0.2, 0) is 22.6 Å². The summed E-state index contributed by atoms with van der Waals surface area (Å²) >= 11 is 0. The maximum Gasteiger partial charge on any atom is 0.325 e. The lowest BCUT2D eigenvalue weighted by Gasteiger charge is -2.28. The van der Waals surface area contributed by atoms with Crippen LogP contribution in [0.2, 0.25) is 0 Å². The third-order valence-electron chi connectivity index (χ3n) is 3.99. The van der Waals surface area contributed by atoms with Crippen molar-refractivity contribution in [1.29, 1.82) is 0 Å². The van der Waals surface area contributed by atoms with Crippen molar-refractivity contribution in [3.05, 3.63) is 18.2 Å². The molecule has 0 fully saturated rings. The number of carbonyl (C=O) groups is 1. The Balaban J connectivity index is 1.67. The second-order valence-corrected chi connectivity index (χ2v) is 5.91. The van der Waals surface area contributed by atoms with E-state index in [4.69, 9.17) is 10.5 Å². The van der Waals surface area contributed by atoms with Crippen LogP contribution < -0.4 is 5.73 Å². The number of nitrogens with zero attached hydrogens (tertiary/aromatic N) is 3. The highest BCUT2D eigenvalue weighted by Gasteiger charge is 2.29. The zero-order valence-corrected chi connectivity index (χ0v) is 13.0. The third kappa shape index (κ3) is 4.28. The molecular weight excluding hydrogens is 268 g/mol. The summed E-state index contributed by atoms with van der Waals surface area (Å²) in [4.78, 5) is 18.5. The van der Waals surface area contributed by atoms with Gasteiger partial charge in [-0.05, 0) is 39.7 Å². The summed E-state index contributed by atoms with van der Waals surface area (Å²) in [5, 5.41) is 0. The summed E-state index contributed by atoms with van der Waals surface area (Å²) in [5.74, 6) is 0.835. The number of hydrogen-bond donors (Lipinski definition) is 1. The first-order chi connectivity index (χ1) is 10.0. The number of unbranched alkanes of at least 4 members (excludes halogenated alkanes) is 1. The second kappa shape index (κ2) is 7.04. The summed E-state index contributed by atoms with van der Waals surface area (Å²) in [6.45, 7) is 7.92. The minimum Gasteiger partial charge on any atom is -0.465 e. The van der Waals surface area contributed by atoms with Crippen LogP contribution in [0.25, 0.3) is 0 Å². The number of imidazole rings is 1. The number of ether oxygens (including phenoxy) is 1. The molecule has 1 aromatic heterocycles. The molecule has 1 aromatic rings. The van der Waals surface area contributed by atoms with E-state index in [1.807, 2.05) is 12.4 Å². The standard InChI is InChI=1S/C15H26N4O2/c1-3-21-14(20)15(2,16)6-4-5-8-18-10-11-19-9-7-17-13(19)12-18/h7,9H,3-6,8,10-12,16H2,1-2H3. The topological polar surface area (TPSA) is 73.4 Å². The number of carbonyl (C=O) groups excluding carboxylic acids is 1. The predicted molar refractivity (Wildman–Crippen MR) is 80.6 cm³/mol. The predicted octanol–water partition coefficient (Wildman–Crippen LogP) is 1.15. The molecule has 1 aliphatic heterocycles. The highest BCUT2D eigenvalue weighted by molar-refractivity contribution is 5.79. The Bertz CT molecular complexity index is 470. The van der Waals surface area contributed by atoms with Crippen molar-refractivity contribution in [1.82, 2.24) is 14.5 Å². The lowest BCUT2D eigenvalue weighted by Crippen LogP contribution is -2.46. The Morgan fingerprint density at radius 2 is 2.29 bits per heavy atom. The number of esters is 1. The van der Waals surface area contributed by atoms with Gasteiger partial charge < -0.3 is 15.0 Å². The molecule has 0 amide bonds. The van der Waals surface area contributed by atoms with Crippen molar-refractivity contribution >= 4 is 5.97 Å². The molecule has 0 aliphatic carbocycles. The Morgan fingerprint density at radius 3 is 3.05 bits per heavy atom. The molecule has 6 heteroatoms. The normalized spacial score (nSPS) is 18.0. The monoisotopic (exact) mass is 294 g/mol. The van der Waals surface area contributed by atoms with E-state index in [9.17, 15) is 4.79 Å². The number of rotatable bonds is 7. The largest absolute Gasteiger partial charge is 0.465 e. The fourth-order valence-electron chi connectivity index (χ4n) is 2.64. The van der Waals surface area contributed by atoms with Gasteiger partial charge in [-0.25, -0.2) is 4.98 Å². The average molecular weight is 294 g/mol. The first-order valence-electron chi connectivity index (χ1n) is 7.71. The average Bonchev–Trinajstić information content (AvgIpc) is 2.91. The SMILES string of the molecule is CCOC(=O)C(C)(N)CCCCN1CCn2ccnc2C1. The zero-order valence-electron chi connectivity index (χ0n) is 13.0. The first-order valence-corrected chi connectivity index (χ1v) is 7.71. The number of fused-ring (bicyclic) bond motifs is 1. The van der Waals surface area contributed by atoms with Crippen LogP contribution in [0.5, 0.6) is 0 Å². The third-order valence-corrected chi connectivity index (χ3v) is 3.99. The van der Waals surface area contributed by atoms with Gasteiger partial charge in [-0.15, -0.1) is 0 Å². The quantitative estimate of drug-likeness (QED) is 0.603. The van der Waals surface area contributed by atoms with Crippen LogP contribution in [0.4, 0.5) is 0 Å². The molecule has 6 nitrogen and oxygen atoms in total. The second-order valence-electron chi connectivity index (χ2n) is 5.91. The smallest absolute Gasteiger partial charge is 0.325 e.